The van der Waals surface area contributed by atoms with E-state index in [-0.39, 0.29) is 5.91 Å². The average molecular weight is 354 g/mol. The van der Waals surface area contributed by atoms with Crippen LogP contribution in [0.4, 0.5) is 5.69 Å². The molecule has 26 heavy (non-hydrogen) atoms. The van der Waals surface area contributed by atoms with Crippen molar-refractivity contribution in [3.8, 4) is 11.5 Å². The molecule has 0 atom stereocenters. The highest BCUT2D eigenvalue weighted by Gasteiger charge is 2.21. The Morgan fingerprint density at radius 1 is 1.04 bits per heavy atom. The summed E-state index contributed by atoms with van der Waals surface area (Å²) >= 11 is 0. The van der Waals surface area contributed by atoms with Crippen LogP contribution >= 0.6 is 0 Å². The van der Waals surface area contributed by atoms with Crippen molar-refractivity contribution in [2.75, 3.05) is 31.6 Å². The average Bonchev–Trinajstić information content (AvgIpc) is 2.63. The van der Waals surface area contributed by atoms with Crippen LogP contribution in [-0.4, -0.2) is 37.1 Å². The number of fused-ring (bicyclic) bond motifs is 1. The number of ether oxygens (including phenoxy) is 2. The van der Waals surface area contributed by atoms with Crippen molar-refractivity contribution in [3.05, 3.63) is 53.6 Å². The number of rotatable bonds is 7. The van der Waals surface area contributed by atoms with Crippen molar-refractivity contribution < 1.29 is 14.3 Å². The molecular formula is C21H26N2O3. The molecule has 5 heteroatoms. The fourth-order valence-electron chi connectivity index (χ4n) is 3.22. The molecule has 0 saturated heterocycles. The lowest BCUT2D eigenvalue weighted by atomic mass is 9.98. The molecule has 0 saturated carbocycles. The lowest BCUT2D eigenvalue weighted by molar-refractivity contribution is -0.117. The number of hydrogen-bond acceptors (Lipinski definition) is 4. The summed E-state index contributed by atoms with van der Waals surface area (Å²) in [4.78, 5) is 14.5. The fourth-order valence-corrected chi connectivity index (χ4v) is 3.22. The lowest BCUT2D eigenvalue weighted by Crippen LogP contribution is -2.37. The molecule has 0 spiro atoms. The second-order valence-electron chi connectivity index (χ2n) is 6.31. The SMILES string of the molecule is CCOc1cc2c(cc1OCC)CN(CC(=O)Nc1ccccc1)CC2. The summed E-state index contributed by atoms with van der Waals surface area (Å²) in [5.41, 5.74) is 3.31. The molecule has 3 rings (SSSR count). The Labute approximate surface area is 154 Å². The van der Waals surface area contributed by atoms with Gasteiger partial charge in [-0.3, -0.25) is 9.69 Å². The largest absolute Gasteiger partial charge is 0.490 e. The smallest absolute Gasteiger partial charge is 0.238 e. The third-order valence-corrected chi connectivity index (χ3v) is 4.38. The molecule has 1 N–H and O–H groups in total. The topological polar surface area (TPSA) is 50.8 Å². The quantitative estimate of drug-likeness (QED) is 0.827. The molecule has 2 aromatic carbocycles. The Kier molecular flexibility index (Phi) is 6.12. The molecule has 5 nitrogen and oxygen atoms in total. The van der Waals surface area contributed by atoms with Crippen LogP contribution < -0.4 is 14.8 Å². The van der Waals surface area contributed by atoms with Gasteiger partial charge in [0.1, 0.15) is 0 Å². The molecule has 1 heterocycles. The van der Waals surface area contributed by atoms with Gasteiger partial charge in [-0.25, -0.2) is 0 Å². The molecule has 0 aliphatic carbocycles. The minimum Gasteiger partial charge on any atom is -0.490 e. The molecule has 1 amide bonds. The van der Waals surface area contributed by atoms with E-state index in [0.29, 0.717) is 19.8 Å². The van der Waals surface area contributed by atoms with Gasteiger partial charge in [-0.2, -0.15) is 0 Å². The highest BCUT2D eigenvalue weighted by atomic mass is 16.5. The van der Waals surface area contributed by atoms with Gasteiger partial charge in [-0.15, -0.1) is 0 Å². The Balaban J connectivity index is 1.66. The van der Waals surface area contributed by atoms with Crippen LogP contribution in [0.1, 0.15) is 25.0 Å². The van der Waals surface area contributed by atoms with E-state index in [4.69, 9.17) is 9.47 Å². The van der Waals surface area contributed by atoms with Crippen LogP contribution in [0.25, 0.3) is 0 Å². The predicted molar refractivity (Wildman–Crippen MR) is 103 cm³/mol. The standard InChI is InChI=1S/C21H26N2O3/c1-3-25-19-12-16-10-11-23(14-17(16)13-20(19)26-4-2)15-21(24)22-18-8-6-5-7-9-18/h5-9,12-13H,3-4,10-11,14-15H2,1-2H3,(H,22,24). The molecule has 0 unspecified atom stereocenters. The van der Waals surface area contributed by atoms with Crippen molar-refractivity contribution in [1.82, 2.24) is 4.90 Å². The second-order valence-corrected chi connectivity index (χ2v) is 6.31. The van der Waals surface area contributed by atoms with Crippen LogP contribution in [0.3, 0.4) is 0 Å². The van der Waals surface area contributed by atoms with Gasteiger partial charge in [0.25, 0.3) is 0 Å². The van der Waals surface area contributed by atoms with E-state index in [0.717, 1.165) is 36.7 Å². The number of carbonyl (C=O) groups excluding carboxylic acids is 1. The molecular weight excluding hydrogens is 328 g/mol. The first kappa shape index (κ1) is 18.3. The van der Waals surface area contributed by atoms with Gasteiger partial charge in [-0.05, 0) is 55.7 Å². The van der Waals surface area contributed by atoms with E-state index in [1.54, 1.807) is 0 Å². The van der Waals surface area contributed by atoms with Crippen LogP contribution in [0.5, 0.6) is 11.5 Å². The maximum atomic E-state index is 12.3. The van der Waals surface area contributed by atoms with Gasteiger partial charge in [0.15, 0.2) is 11.5 Å². The minimum absolute atomic E-state index is 0.00983. The Bertz CT molecular complexity index is 746. The van der Waals surface area contributed by atoms with E-state index < -0.39 is 0 Å². The van der Waals surface area contributed by atoms with Crippen LogP contribution in [0, 0.1) is 0 Å². The van der Waals surface area contributed by atoms with E-state index in [1.807, 2.05) is 44.2 Å². The Hall–Kier alpha value is -2.53. The molecule has 0 bridgehead atoms. The van der Waals surface area contributed by atoms with Crippen molar-refractivity contribution in [3.63, 3.8) is 0 Å². The van der Waals surface area contributed by atoms with Crippen molar-refractivity contribution in [2.45, 2.75) is 26.8 Å². The molecule has 2 aromatic rings. The van der Waals surface area contributed by atoms with E-state index in [1.165, 1.54) is 11.1 Å². The summed E-state index contributed by atoms with van der Waals surface area (Å²) in [7, 11) is 0. The normalized spacial score (nSPS) is 13.8. The number of para-hydroxylation sites is 1. The zero-order valence-corrected chi connectivity index (χ0v) is 15.5. The first-order chi connectivity index (χ1) is 12.7. The third kappa shape index (κ3) is 4.55. The number of nitrogens with zero attached hydrogens (tertiary/aromatic N) is 1. The van der Waals surface area contributed by atoms with Gasteiger partial charge in [-0.1, -0.05) is 18.2 Å². The minimum atomic E-state index is 0.00983. The molecule has 138 valence electrons. The molecule has 1 aliphatic heterocycles. The zero-order chi connectivity index (χ0) is 18.4. The molecule has 0 radical (unpaired) electrons. The zero-order valence-electron chi connectivity index (χ0n) is 15.5. The summed E-state index contributed by atoms with van der Waals surface area (Å²) in [6.45, 7) is 7.13. The first-order valence-electron chi connectivity index (χ1n) is 9.18. The van der Waals surface area contributed by atoms with Crippen molar-refractivity contribution >= 4 is 11.6 Å². The van der Waals surface area contributed by atoms with Crippen LogP contribution in [0.2, 0.25) is 0 Å². The van der Waals surface area contributed by atoms with E-state index in [9.17, 15) is 4.79 Å². The van der Waals surface area contributed by atoms with Crippen LogP contribution in [0.15, 0.2) is 42.5 Å². The van der Waals surface area contributed by atoms with Gasteiger partial charge in [0, 0.05) is 18.8 Å². The van der Waals surface area contributed by atoms with Gasteiger partial charge < -0.3 is 14.8 Å². The van der Waals surface area contributed by atoms with Crippen LogP contribution in [-0.2, 0) is 17.8 Å². The summed E-state index contributed by atoms with van der Waals surface area (Å²) in [6, 6.07) is 13.7. The first-order valence-corrected chi connectivity index (χ1v) is 9.18. The number of hydrogen-bond donors (Lipinski definition) is 1. The number of carbonyl (C=O) groups is 1. The predicted octanol–water partition coefficient (Wildman–Crippen LogP) is 3.48. The lowest BCUT2D eigenvalue weighted by Gasteiger charge is -2.29. The number of amides is 1. The van der Waals surface area contributed by atoms with Gasteiger partial charge in [0.2, 0.25) is 5.91 Å². The second kappa shape index (κ2) is 8.72. The summed E-state index contributed by atoms with van der Waals surface area (Å²) in [5.74, 6) is 1.60. The maximum Gasteiger partial charge on any atom is 0.238 e. The third-order valence-electron chi connectivity index (χ3n) is 4.38. The molecule has 1 aliphatic rings. The number of anilines is 1. The highest BCUT2D eigenvalue weighted by Crippen LogP contribution is 2.33. The summed E-state index contributed by atoms with van der Waals surface area (Å²) in [5, 5.41) is 2.95. The summed E-state index contributed by atoms with van der Waals surface area (Å²) < 4.78 is 11.4. The van der Waals surface area contributed by atoms with E-state index in [2.05, 4.69) is 22.3 Å². The van der Waals surface area contributed by atoms with E-state index >= 15 is 0 Å². The Morgan fingerprint density at radius 2 is 1.69 bits per heavy atom. The highest BCUT2D eigenvalue weighted by molar-refractivity contribution is 5.92. The Morgan fingerprint density at radius 3 is 2.35 bits per heavy atom. The maximum absolute atomic E-state index is 12.3. The number of nitrogens with one attached hydrogen (secondary N) is 1. The van der Waals surface area contributed by atoms with Crippen molar-refractivity contribution in [1.29, 1.82) is 0 Å². The summed E-state index contributed by atoms with van der Waals surface area (Å²) in [6.07, 6.45) is 0.903. The monoisotopic (exact) mass is 354 g/mol. The van der Waals surface area contributed by atoms with Crippen molar-refractivity contribution in [2.24, 2.45) is 0 Å². The van der Waals surface area contributed by atoms with Gasteiger partial charge >= 0.3 is 0 Å². The molecule has 0 fully saturated rings. The fraction of sp³-hybridized carbons (Fsp3) is 0.381. The number of benzene rings is 2. The molecule has 0 aromatic heterocycles. The van der Waals surface area contributed by atoms with Gasteiger partial charge in [0.05, 0.1) is 19.8 Å².